The summed E-state index contributed by atoms with van der Waals surface area (Å²) >= 11 is 0. The maximum Gasteiger partial charge on any atom is 0.335 e. The molecule has 0 spiro atoms. The van der Waals surface area contributed by atoms with Crippen LogP contribution < -0.4 is 10.7 Å². The van der Waals surface area contributed by atoms with E-state index >= 15 is 0 Å². The van der Waals surface area contributed by atoms with Crippen LogP contribution >= 0.6 is 0 Å². The largest absolute Gasteiger partial charge is 0.478 e. The quantitative estimate of drug-likeness (QED) is 0.118. The molecule has 4 aromatic carbocycles. The molecule has 1 aromatic heterocycles. The number of hydrogen-bond donors (Lipinski definition) is 5. The van der Waals surface area contributed by atoms with Gasteiger partial charge in [-0.3, -0.25) is 4.99 Å². The van der Waals surface area contributed by atoms with Crippen LogP contribution in [0, 0.1) is 0 Å². The first kappa shape index (κ1) is 37.1. The fourth-order valence-corrected chi connectivity index (χ4v) is 7.62. The van der Waals surface area contributed by atoms with E-state index in [-0.39, 0.29) is 22.3 Å². The van der Waals surface area contributed by atoms with Crippen LogP contribution in [0.4, 0.5) is 0 Å². The van der Waals surface area contributed by atoms with Crippen LogP contribution in [0.15, 0.2) is 172 Å². The van der Waals surface area contributed by atoms with Gasteiger partial charge in [0.2, 0.25) is 0 Å². The van der Waals surface area contributed by atoms with E-state index in [1.807, 2.05) is 48.6 Å². The lowest BCUT2D eigenvalue weighted by molar-refractivity contribution is 0.0686. The number of carbonyl (C=O) groups is 4. The Balaban J connectivity index is 1.37. The average Bonchev–Trinajstić information content (AvgIpc) is 4.10. The van der Waals surface area contributed by atoms with Gasteiger partial charge in [-0.2, -0.15) is 0 Å². The molecule has 290 valence electrons. The molecule has 0 amide bonds. The molecule has 5 N–H and O–H groups in total. The lowest BCUT2D eigenvalue weighted by Gasteiger charge is -2.15. The highest BCUT2D eigenvalue weighted by Crippen LogP contribution is 2.36. The molecule has 0 fully saturated rings. The number of hydrogen-bond acceptors (Lipinski definition) is 7. The highest BCUT2D eigenvalue weighted by Gasteiger charge is 2.28. The molecule has 5 aromatic rings. The number of aliphatic imine (C=N–C) groups is 3. The Morgan fingerprint density at radius 3 is 1.23 bits per heavy atom. The second-order valence-corrected chi connectivity index (χ2v) is 14.1. The smallest absolute Gasteiger partial charge is 0.335 e. The van der Waals surface area contributed by atoms with Crippen molar-refractivity contribution in [2.24, 2.45) is 15.0 Å². The lowest BCUT2D eigenvalue weighted by atomic mass is 9.96. The number of nitrogens with zero attached hydrogens (tertiary/aromatic N) is 3. The topological polar surface area (TPSA) is 202 Å². The van der Waals surface area contributed by atoms with Gasteiger partial charge >= 0.3 is 23.9 Å². The summed E-state index contributed by atoms with van der Waals surface area (Å²) in [6.45, 7) is 0. The Kier molecular flexibility index (Phi) is 9.13. The summed E-state index contributed by atoms with van der Waals surface area (Å²) in [4.78, 5) is 66.4. The molecule has 0 aliphatic carbocycles. The number of carboxylic acids is 4. The first-order valence-corrected chi connectivity index (χ1v) is 18.6. The molecule has 0 saturated heterocycles. The van der Waals surface area contributed by atoms with E-state index in [0.717, 1.165) is 0 Å². The normalized spacial score (nSPS) is 20.8. The van der Waals surface area contributed by atoms with E-state index in [4.69, 9.17) is 15.0 Å². The summed E-state index contributed by atoms with van der Waals surface area (Å²) in [6, 6.07) is 29.1. The first-order valence-electron chi connectivity index (χ1n) is 18.6. The minimum absolute atomic E-state index is 0.112. The van der Waals surface area contributed by atoms with Crippen molar-refractivity contribution in [3.05, 3.63) is 212 Å². The standard InChI is InChI=1S/C48H30N4O8/c53-45(54)29-9-1-25(2-10-29)41-33-17-19-35(49-33)42(26-3-11-30(12-4-26)46(55)56)37-21-23-39(51-37)44(28-7-15-32(16-8-28)48(59)60)40-24-22-38(52-40)43(36-20-18-34(41)50-36)27-5-13-31(14-6-27)47(57)58/h1-24,33,52H,(H,53,54)(H,55,56)(H,57,58)(H,59,60)/b41-34-,42-37-,43-38-,44-40-. The average molecular weight is 791 g/mol. The molecule has 60 heavy (non-hydrogen) atoms. The maximum absolute atomic E-state index is 11.8. The fraction of sp³-hybridized carbons (Fsp3) is 0.0208. The number of H-pyrrole nitrogens is 1. The SMILES string of the molecule is O=C(O)c1ccc(/C2=C3\C=CC(=N3)/C(c3ccc(C(=O)O)cc3)=c3/cc/c([nH]3)=C(\c3ccc(C(=O)O)cc3)C3=N/C(=C(/c4ccc(C(=O)O)cc4)C4C=CC2=N4)C=C3)cc1. The van der Waals surface area contributed by atoms with Gasteiger partial charge in [0.25, 0.3) is 0 Å². The monoisotopic (exact) mass is 790 g/mol. The number of allylic oxidation sites excluding steroid dienone is 6. The minimum Gasteiger partial charge on any atom is -0.478 e. The highest BCUT2D eigenvalue weighted by atomic mass is 16.4. The zero-order valence-electron chi connectivity index (χ0n) is 31.2. The Morgan fingerprint density at radius 1 is 0.417 bits per heavy atom. The summed E-state index contributed by atoms with van der Waals surface area (Å²) in [7, 11) is 0. The number of carboxylic acid groups (broad SMARTS) is 4. The van der Waals surface area contributed by atoms with Crippen molar-refractivity contribution in [1.29, 1.82) is 0 Å². The molecule has 12 heteroatoms. The van der Waals surface area contributed by atoms with Crippen molar-refractivity contribution in [3.8, 4) is 0 Å². The number of aromatic amines is 1. The summed E-state index contributed by atoms with van der Waals surface area (Å²) in [5.74, 6) is -4.26. The van der Waals surface area contributed by atoms with Crippen LogP contribution in [0.2, 0.25) is 0 Å². The van der Waals surface area contributed by atoms with E-state index in [0.29, 0.717) is 83.8 Å². The molecule has 4 aliphatic rings. The molecule has 9 rings (SSSR count). The Labute approximate surface area is 340 Å². The Hall–Kier alpha value is -8.51. The van der Waals surface area contributed by atoms with Gasteiger partial charge in [-0.15, -0.1) is 0 Å². The summed E-state index contributed by atoms with van der Waals surface area (Å²) in [5.41, 5.74) is 8.62. The van der Waals surface area contributed by atoms with E-state index in [9.17, 15) is 39.6 Å². The van der Waals surface area contributed by atoms with Gasteiger partial charge in [0.15, 0.2) is 0 Å². The minimum atomic E-state index is -1.07. The number of aromatic nitrogens is 1. The summed E-state index contributed by atoms with van der Waals surface area (Å²) in [5, 5.41) is 40.0. The molecule has 1 atom stereocenters. The summed E-state index contributed by atoms with van der Waals surface area (Å²) < 4.78 is 0. The number of aromatic carboxylic acids is 4. The Morgan fingerprint density at radius 2 is 0.800 bits per heavy atom. The molecule has 12 nitrogen and oxygen atoms in total. The van der Waals surface area contributed by atoms with Crippen molar-refractivity contribution in [2.75, 3.05) is 0 Å². The van der Waals surface area contributed by atoms with Gasteiger partial charge in [-0.05, 0) is 113 Å². The molecule has 0 saturated carbocycles. The number of fused-ring (bicyclic) bond motifs is 5. The molecule has 1 unspecified atom stereocenters. The van der Waals surface area contributed by atoms with E-state index in [1.165, 1.54) is 48.5 Å². The zero-order chi connectivity index (χ0) is 41.7. The third kappa shape index (κ3) is 6.73. The van der Waals surface area contributed by atoms with E-state index in [1.54, 1.807) is 48.5 Å². The third-order valence-corrected chi connectivity index (χ3v) is 10.5. The lowest BCUT2D eigenvalue weighted by Crippen LogP contribution is -2.21. The van der Waals surface area contributed by atoms with Crippen molar-refractivity contribution in [3.63, 3.8) is 0 Å². The molecule has 4 aliphatic heterocycles. The molecule has 5 heterocycles. The third-order valence-electron chi connectivity index (χ3n) is 10.5. The van der Waals surface area contributed by atoms with Gasteiger partial charge < -0.3 is 25.4 Å². The highest BCUT2D eigenvalue weighted by molar-refractivity contribution is 6.35. The van der Waals surface area contributed by atoms with Crippen molar-refractivity contribution < 1.29 is 39.6 Å². The van der Waals surface area contributed by atoms with Gasteiger partial charge in [-0.25, -0.2) is 29.2 Å². The van der Waals surface area contributed by atoms with Crippen LogP contribution in [-0.2, 0) is 0 Å². The second kappa shape index (κ2) is 14.8. The maximum atomic E-state index is 11.8. The summed E-state index contributed by atoms with van der Waals surface area (Å²) in [6.07, 6.45) is 11.2. The number of nitrogens with one attached hydrogen (secondary N) is 1. The van der Waals surface area contributed by atoms with Gasteiger partial charge in [0, 0.05) is 33.0 Å². The Bertz CT molecular complexity index is 3100. The van der Waals surface area contributed by atoms with Crippen LogP contribution in [0.3, 0.4) is 0 Å². The van der Waals surface area contributed by atoms with Crippen LogP contribution in [0.5, 0.6) is 0 Å². The fourth-order valence-electron chi connectivity index (χ4n) is 7.62. The van der Waals surface area contributed by atoms with Crippen molar-refractivity contribution in [2.45, 2.75) is 6.04 Å². The van der Waals surface area contributed by atoms with Crippen LogP contribution in [-0.4, -0.2) is 72.5 Å². The predicted octanol–water partition coefficient (Wildman–Crippen LogP) is 6.44. The van der Waals surface area contributed by atoms with Gasteiger partial charge in [0.05, 0.1) is 56.8 Å². The number of rotatable bonds is 8. The van der Waals surface area contributed by atoms with Crippen molar-refractivity contribution in [1.82, 2.24) is 4.98 Å². The number of benzene rings is 4. The molecule has 0 radical (unpaired) electrons. The molecular formula is C48H30N4O8. The van der Waals surface area contributed by atoms with Crippen LogP contribution in [0.1, 0.15) is 63.7 Å². The second-order valence-electron chi connectivity index (χ2n) is 14.1. The van der Waals surface area contributed by atoms with E-state index in [2.05, 4.69) is 4.98 Å². The zero-order valence-corrected chi connectivity index (χ0v) is 31.2. The van der Waals surface area contributed by atoms with Crippen molar-refractivity contribution >= 4 is 63.3 Å². The first-order chi connectivity index (χ1) is 29.0. The predicted molar refractivity (Wildman–Crippen MR) is 226 cm³/mol. The van der Waals surface area contributed by atoms with Gasteiger partial charge in [0.1, 0.15) is 0 Å². The molecule has 8 bridgehead atoms. The van der Waals surface area contributed by atoms with Gasteiger partial charge in [-0.1, -0.05) is 54.6 Å². The van der Waals surface area contributed by atoms with E-state index < -0.39 is 29.9 Å². The van der Waals surface area contributed by atoms with Crippen LogP contribution in [0.25, 0.3) is 22.3 Å². The molecular weight excluding hydrogens is 761 g/mol.